The van der Waals surface area contributed by atoms with Crippen LogP contribution in [0.3, 0.4) is 0 Å². The minimum absolute atomic E-state index is 0.126. The molecule has 0 bridgehead atoms. The van der Waals surface area contributed by atoms with Crippen LogP contribution in [-0.4, -0.2) is 39.6 Å². The first-order valence-electron chi connectivity index (χ1n) is 11.2. The van der Waals surface area contributed by atoms with Crippen LogP contribution < -0.4 is 9.64 Å². The van der Waals surface area contributed by atoms with Crippen LogP contribution >= 0.6 is 23.8 Å². The van der Waals surface area contributed by atoms with Crippen LogP contribution in [0, 0.1) is 13.5 Å². The Labute approximate surface area is 215 Å². The summed E-state index contributed by atoms with van der Waals surface area (Å²) in [5.74, 6) is 0.564. The van der Waals surface area contributed by atoms with Gasteiger partial charge in [-0.2, -0.15) is 0 Å². The standard InChI is InChI=1S/C27H25ClN4O2S/c1-18-23(14-13-22(29-4)24(18)28)32-25(33)27(2,3)31(26(32)35)15-8-16-34-20-11-12-21(30-17-20)19-9-6-5-7-10-19/h5-7,9-14,17H,8,15-16H2,1-3H3. The number of carbonyl (C=O) groups is 1. The van der Waals surface area contributed by atoms with E-state index in [4.69, 9.17) is 35.1 Å². The van der Waals surface area contributed by atoms with E-state index in [9.17, 15) is 4.79 Å². The van der Waals surface area contributed by atoms with Gasteiger partial charge in [-0.25, -0.2) is 4.85 Å². The summed E-state index contributed by atoms with van der Waals surface area (Å²) < 4.78 is 5.88. The molecule has 0 aliphatic carbocycles. The van der Waals surface area contributed by atoms with Crippen LogP contribution in [0.1, 0.15) is 25.8 Å². The third-order valence-corrected chi connectivity index (χ3v) is 7.00. The number of pyridine rings is 1. The summed E-state index contributed by atoms with van der Waals surface area (Å²) in [6.45, 7) is 13.8. The van der Waals surface area contributed by atoms with Gasteiger partial charge in [-0.3, -0.25) is 14.7 Å². The fraction of sp³-hybridized carbons (Fsp3) is 0.259. The summed E-state index contributed by atoms with van der Waals surface area (Å²) in [4.78, 5) is 24.7. The molecule has 35 heavy (non-hydrogen) atoms. The lowest BCUT2D eigenvalue weighted by Gasteiger charge is -2.29. The number of thiocarbonyl (C=S) groups is 1. The second-order valence-electron chi connectivity index (χ2n) is 8.74. The molecule has 0 unspecified atom stereocenters. The monoisotopic (exact) mass is 504 g/mol. The van der Waals surface area contributed by atoms with E-state index in [1.54, 1.807) is 25.3 Å². The molecule has 1 aliphatic rings. The maximum absolute atomic E-state index is 13.3. The molecule has 1 saturated heterocycles. The summed E-state index contributed by atoms with van der Waals surface area (Å²) in [5.41, 5.74) is 2.74. The number of aromatic nitrogens is 1. The molecule has 3 aromatic rings. The van der Waals surface area contributed by atoms with Crippen LogP contribution in [-0.2, 0) is 4.79 Å². The molecule has 8 heteroatoms. The molecule has 1 aromatic heterocycles. The van der Waals surface area contributed by atoms with Crippen molar-refractivity contribution in [2.45, 2.75) is 32.7 Å². The molecule has 0 atom stereocenters. The van der Waals surface area contributed by atoms with E-state index in [1.807, 2.05) is 61.2 Å². The fourth-order valence-electron chi connectivity index (χ4n) is 4.07. The molecule has 0 saturated carbocycles. The summed E-state index contributed by atoms with van der Waals surface area (Å²) in [6, 6.07) is 17.2. The fourth-order valence-corrected chi connectivity index (χ4v) is 4.77. The SMILES string of the molecule is [C-]#[N+]c1ccc(N2C(=O)C(C)(C)N(CCCOc3ccc(-c4ccccc4)nc3)C2=S)c(C)c1Cl. The Morgan fingerprint density at radius 1 is 1.14 bits per heavy atom. The van der Waals surface area contributed by atoms with Crippen molar-refractivity contribution in [3.63, 3.8) is 0 Å². The van der Waals surface area contributed by atoms with Crippen LogP contribution in [0.2, 0.25) is 5.02 Å². The number of rotatable bonds is 7. The van der Waals surface area contributed by atoms with E-state index in [0.717, 1.165) is 11.3 Å². The van der Waals surface area contributed by atoms with Crippen LogP contribution in [0.4, 0.5) is 11.4 Å². The topological polar surface area (TPSA) is 50.0 Å². The Morgan fingerprint density at radius 2 is 1.89 bits per heavy atom. The van der Waals surface area contributed by atoms with Gasteiger partial charge in [0.1, 0.15) is 11.3 Å². The van der Waals surface area contributed by atoms with Crippen molar-refractivity contribution in [1.82, 2.24) is 9.88 Å². The average Bonchev–Trinajstić information content (AvgIpc) is 3.03. The van der Waals surface area contributed by atoms with Crippen LogP contribution in [0.15, 0.2) is 60.8 Å². The summed E-state index contributed by atoms with van der Waals surface area (Å²) >= 11 is 12.1. The number of benzene rings is 2. The third kappa shape index (κ3) is 4.72. The summed E-state index contributed by atoms with van der Waals surface area (Å²) in [7, 11) is 0. The van der Waals surface area contributed by atoms with Gasteiger partial charge >= 0.3 is 0 Å². The van der Waals surface area contributed by atoms with Gasteiger partial charge in [-0.15, -0.1) is 0 Å². The quantitative estimate of drug-likeness (QED) is 0.210. The van der Waals surface area contributed by atoms with E-state index in [-0.39, 0.29) is 5.91 Å². The van der Waals surface area contributed by atoms with Crippen molar-refractivity contribution in [3.8, 4) is 17.0 Å². The van der Waals surface area contributed by atoms with Gasteiger partial charge in [0.05, 0.1) is 35.8 Å². The number of halogens is 1. The molecule has 0 radical (unpaired) electrons. The highest BCUT2D eigenvalue weighted by Crippen LogP contribution is 2.39. The Hall–Kier alpha value is -3.47. The number of ether oxygens (including phenoxy) is 1. The van der Waals surface area contributed by atoms with Gasteiger partial charge in [0, 0.05) is 12.1 Å². The van der Waals surface area contributed by atoms with Crippen molar-refractivity contribution in [3.05, 3.63) is 82.8 Å². The first-order chi connectivity index (χ1) is 16.8. The zero-order valence-corrected chi connectivity index (χ0v) is 21.4. The second kappa shape index (κ2) is 10.0. The minimum atomic E-state index is -0.812. The molecule has 0 N–H and O–H groups in total. The third-order valence-electron chi connectivity index (χ3n) is 6.12. The molecule has 1 amide bonds. The van der Waals surface area contributed by atoms with Gasteiger partial charge in [0.15, 0.2) is 5.11 Å². The van der Waals surface area contributed by atoms with E-state index in [1.165, 1.54) is 4.90 Å². The molecule has 2 heterocycles. The van der Waals surface area contributed by atoms with Gasteiger partial charge in [0.25, 0.3) is 5.91 Å². The number of anilines is 1. The zero-order chi connectivity index (χ0) is 25.2. The molecule has 0 spiro atoms. The molecule has 1 fully saturated rings. The van der Waals surface area contributed by atoms with Crippen molar-refractivity contribution in [1.29, 1.82) is 0 Å². The van der Waals surface area contributed by atoms with E-state index < -0.39 is 5.54 Å². The van der Waals surface area contributed by atoms with Crippen molar-refractivity contribution in [2.24, 2.45) is 0 Å². The van der Waals surface area contributed by atoms with Gasteiger partial charge in [-0.05, 0) is 63.2 Å². The Morgan fingerprint density at radius 3 is 2.54 bits per heavy atom. The van der Waals surface area contributed by atoms with E-state index in [2.05, 4.69) is 9.83 Å². The van der Waals surface area contributed by atoms with Crippen LogP contribution in [0.5, 0.6) is 5.75 Å². The number of hydrogen-bond donors (Lipinski definition) is 0. The average molecular weight is 505 g/mol. The minimum Gasteiger partial charge on any atom is -0.492 e. The molecular weight excluding hydrogens is 480 g/mol. The highest BCUT2D eigenvalue weighted by atomic mass is 35.5. The summed E-state index contributed by atoms with van der Waals surface area (Å²) in [6.07, 6.45) is 2.39. The van der Waals surface area contributed by atoms with E-state index >= 15 is 0 Å². The van der Waals surface area contributed by atoms with Gasteiger partial charge in [0.2, 0.25) is 5.69 Å². The van der Waals surface area contributed by atoms with E-state index in [0.29, 0.717) is 52.4 Å². The first-order valence-corrected chi connectivity index (χ1v) is 12.0. The Bertz CT molecular complexity index is 1300. The van der Waals surface area contributed by atoms with Gasteiger partial charge < -0.3 is 9.64 Å². The molecular formula is C27H25ClN4O2S. The zero-order valence-electron chi connectivity index (χ0n) is 19.8. The highest BCUT2D eigenvalue weighted by Gasteiger charge is 2.49. The normalized spacial score (nSPS) is 14.8. The largest absolute Gasteiger partial charge is 0.492 e. The molecule has 4 rings (SSSR count). The molecule has 1 aliphatic heterocycles. The number of carbonyl (C=O) groups excluding carboxylic acids is 1. The Kier molecular flexibility index (Phi) is 7.06. The Balaban J connectivity index is 1.40. The predicted molar refractivity (Wildman–Crippen MR) is 143 cm³/mol. The van der Waals surface area contributed by atoms with Gasteiger partial charge in [-0.1, -0.05) is 48.0 Å². The highest BCUT2D eigenvalue weighted by molar-refractivity contribution is 7.80. The lowest BCUT2D eigenvalue weighted by Crippen LogP contribution is -2.44. The van der Waals surface area contributed by atoms with Crippen LogP contribution in [0.25, 0.3) is 16.1 Å². The maximum Gasteiger partial charge on any atom is 0.258 e. The molecule has 6 nitrogen and oxygen atoms in total. The maximum atomic E-state index is 13.3. The smallest absolute Gasteiger partial charge is 0.258 e. The second-order valence-corrected chi connectivity index (χ2v) is 9.48. The van der Waals surface area contributed by atoms with Crippen molar-refractivity contribution >= 4 is 46.2 Å². The number of nitrogens with zero attached hydrogens (tertiary/aromatic N) is 4. The molecule has 178 valence electrons. The molecule has 2 aromatic carbocycles. The lowest BCUT2D eigenvalue weighted by molar-refractivity contribution is -0.123. The van der Waals surface area contributed by atoms with Crippen molar-refractivity contribution in [2.75, 3.05) is 18.1 Å². The number of hydrogen-bond acceptors (Lipinski definition) is 4. The lowest BCUT2D eigenvalue weighted by atomic mass is 10.0. The summed E-state index contributed by atoms with van der Waals surface area (Å²) in [5, 5.41) is 0.758. The first kappa shape index (κ1) is 24.6. The van der Waals surface area contributed by atoms with Crippen molar-refractivity contribution < 1.29 is 9.53 Å². The number of amides is 1. The predicted octanol–water partition coefficient (Wildman–Crippen LogP) is 6.44.